The van der Waals surface area contributed by atoms with Crippen molar-refractivity contribution in [2.75, 3.05) is 0 Å². The number of carbonyl (C=O) groups is 1. The molecule has 0 aliphatic rings. The number of nitrogens with zero attached hydrogens (tertiary/aromatic N) is 1. The van der Waals surface area contributed by atoms with E-state index in [9.17, 15) is 14.9 Å². The van der Waals surface area contributed by atoms with Gasteiger partial charge in [0.05, 0.1) is 11.3 Å². The summed E-state index contributed by atoms with van der Waals surface area (Å²) >= 11 is 5.65. The third-order valence-corrected chi connectivity index (χ3v) is 2.16. The van der Waals surface area contributed by atoms with Crippen molar-refractivity contribution >= 4 is 23.3 Å². The zero-order chi connectivity index (χ0) is 11.6. The monoisotopic (exact) mass is 229 g/mol. The molecule has 0 aliphatic heterocycles. The van der Waals surface area contributed by atoms with Crippen molar-refractivity contribution in [3.8, 4) is 0 Å². The third kappa shape index (κ3) is 2.66. The van der Waals surface area contributed by atoms with E-state index < -0.39 is 10.9 Å². The first-order valence-electron chi connectivity index (χ1n) is 4.07. The van der Waals surface area contributed by atoms with Gasteiger partial charge in [-0.15, -0.1) is 0 Å². The SMILES string of the molecule is Cc1cc(Cl)cc([N+](=O)[O-])c1CC(=O)O. The maximum atomic E-state index is 10.7. The molecule has 0 radical (unpaired) electrons. The summed E-state index contributed by atoms with van der Waals surface area (Å²) in [6.45, 7) is 1.59. The average molecular weight is 230 g/mol. The summed E-state index contributed by atoms with van der Waals surface area (Å²) < 4.78 is 0. The second-order valence-corrected chi connectivity index (χ2v) is 3.48. The van der Waals surface area contributed by atoms with E-state index in [2.05, 4.69) is 0 Å². The minimum atomic E-state index is -1.11. The molecule has 0 fully saturated rings. The van der Waals surface area contributed by atoms with Gasteiger partial charge in [-0.1, -0.05) is 11.6 Å². The molecule has 0 saturated carbocycles. The first kappa shape index (κ1) is 11.5. The van der Waals surface area contributed by atoms with Gasteiger partial charge in [-0.25, -0.2) is 0 Å². The molecule has 1 rings (SSSR count). The molecule has 0 aromatic heterocycles. The molecule has 0 amide bonds. The molecule has 0 aliphatic carbocycles. The van der Waals surface area contributed by atoms with Crippen molar-refractivity contribution in [1.29, 1.82) is 0 Å². The normalized spacial score (nSPS) is 10.0. The van der Waals surface area contributed by atoms with Crippen LogP contribution in [0.3, 0.4) is 0 Å². The second kappa shape index (κ2) is 4.27. The van der Waals surface area contributed by atoms with Gasteiger partial charge in [-0.2, -0.15) is 0 Å². The molecule has 15 heavy (non-hydrogen) atoms. The highest BCUT2D eigenvalue weighted by molar-refractivity contribution is 6.30. The molecule has 0 bridgehead atoms. The zero-order valence-electron chi connectivity index (χ0n) is 7.86. The highest BCUT2D eigenvalue weighted by atomic mass is 35.5. The molecule has 5 nitrogen and oxygen atoms in total. The summed E-state index contributed by atoms with van der Waals surface area (Å²) in [5.74, 6) is -1.11. The van der Waals surface area contributed by atoms with Crippen LogP contribution in [0.15, 0.2) is 12.1 Å². The number of aliphatic carboxylic acids is 1. The van der Waals surface area contributed by atoms with Crippen molar-refractivity contribution < 1.29 is 14.8 Å². The van der Waals surface area contributed by atoms with Gasteiger partial charge in [0.1, 0.15) is 0 Å². The lowest BCUT2D eigenvalue weighted by Crippen LogP contribution is -2.05. The molecule has 0 saturated heterocycles. The number of hydrogen-bond donors (Lipinski definition) is 1. The lowest BCUT2D eigenvalue weighted by molar-refractivity contribution is -0.385. The van der Waals surface area contributed by atoms with E-state index in [0.717, 1.165) is 6.07 Å². The summed E-state index contributed by atoms with van der Waals surface area (Å²) in [7, 11) is 0. The van der Waals surface area contributed by atoms with Crippen LogP contribution in [0, 0.1) is 17.0 Å². The Hall–Kier alpha value is -1.62. The van der Waals surface area contributed by atoms with Crippen molar-refractivity contribution in [3.63, 3.8) is 0 Å². The number of carboxylic acids is 1. The highest BCUT2D eigenvalue weighted by Crippen LogP contribution is 2.27. The summed E-state index contributed by atoms with van der Waals surface area (Å²) in [5.41, 5.74) is 0.455. The summed E-state index contributed by atoms with van der Waals surface area (Å²) in [6.07, 6.45) is -0.376. The van der Waals surface area contributed by atoms with Crippen LogP contribution in [-0.2, 0) is 11.2 Å². The van der Waals surface area contributed by atoms with Gasteiger partial charge in [0, 0.05) is 16.7 Å². The topological polar surface area (TPSA) is 80.4 Å². The first-order chi connectivity index (χ1) is 6.91. The maximum absolute atomic E-state index is 10.7. The number of benzene rings is 1. The Labute approximate surface area is 90.4 Å². The quantitative estimate of drug-likeness (QED) is 0.636. The minimum Gasteiger partial charge on any atom is -0.481 e. The highest BCUT2D eigenvalue weighted by Gasteiger charge is 2.19. The zero-order valence-corrected chi connectivity index (χ0v) is 8.61. The Kier molecular flexibility index (Phi) is 3.26. The molecular formula is C9H8ClNO4. The van der Waals surface area contributed by atoms with Crippen LogP contribution in [0.5, 0.6) is 0 Å². The fraction of sp³-hybridized carbons (Fsp3) is 0.222. The largest absolute Gasteiger partial charge is 0.481 e. The number of nitro benzene ring substituents is 1. The Balaban J connectivity index is 3.33. The number of hydrogen-bond acceptors (Lipinski definition) is 3. The molecular weight excluding hydrogens is 222 g/mol. The van der Waals surface area contributed by atoms with E-state index in [1.165, 1.54) is 6.07 Å². The molecule has 0 unspecified atom stereocenters. The van der Waals surface area contributed by atoms with Gasteiger partial charge in [0.2, 0.25) is 0 Å². The summed E-state index contributed by atoms with van der Waals surface area (Å²) in [6, 6.07) is 2.67. The van der Waals surface area contributed by atoms with E-state index in [-0.39, 0.29) is 22.7 Å². The lowest BCUT2D eigenvalue weighted by Gasteiger charge is -2.04. The lowest BCUT2D eigenvalue weighted by atomic mass is 10.0. The fourth-order valence-corrected chi connectivity index (χ4v) is 1.57. The van der Waals surface area contributed by atoms with E-state index in [1.807, 2.05) is 0 Å². The van der Waals surface area contributed by atoms with Gasteiger partial charge < -0.3 is 5.11 Å². The van der Waals surface area contributed by atoms with E-state index in [0.29, 0.717) is 5.56 Å². The van der Waals surface area contributed by atoms with E-state index >= 15 is 0 Å². The number of carboxylic acid groups (broad SMARTS) is 1. The molecule has 1 aromatic carbocycles. The van der Waals surface area contributed by atoms with Crippen LogP contribution in [-0.4, -0.2) is 16.0 Å². The molecule has 80 valence electrons. The first-order valence-corrected chi connectivity index (χ1v) is 4.45. The number of rotatable bonds is 3. The van der Waals surface area contributed by atoms with E-state index in [4.69, 9.17) is 16.7 Å². The Morgan fingerprint density at radius 1 is 1.60 bits per heavy atom. The second-order valence-electron chi connectivity index (χ2n) is 3.05. The van der Waals surface area contributed by atoms with Crippen LogP contribution in [0.4, 0.5) is 5.69 Å². The third-order valence-electron chi connectivity index (χ3n) is 1.94. The van der Waals surface area contributed by atoms with Gasteiger partial charge in [0.15, 0.2) is 0 Å². The van der Waals surface area contributed by atoms with E-state index in [1.54, 1.807) is 6.92 Å². The number of halogens is 1. The molecule has 0 heterocycles. The minimum absolute atomic E-state index is 0.192. The number of nitro groups is 1. The van der Waals surface area contributed by atoms with Gasteiger partial charge in [-0.3, -0.25) is 14.9 Å². The van der Waals surface area contributed by atoms with Crippen molar-refractivity contribution in [2.45, 2.75) is 13.3 Å². The molecule has 1 N–H and O–H groups in total. The Morgan fingerprint density at radius 3 is 2.67 bits per heavy atom. The van der Waals surface area contributed by atoms with Gasteiger partial charge in [-0.05, 0) is 18.6 Å². The van der Waals surface area contributed by atoms with Crippen molar-refractivity contribution in [2.24, 2.45) is 0 Å². The number of aryl methyl sites for hydroxylation is 1. The van der Waals surface area contributed by atoms with Gasteiger partial charge >= 0.3 is 5.97 Å². The average Bonchev–Trinajstić information content (AvgIpc) is 2.08. The molecule has 6 heteroatoms. The predicted molar refractivity (Wildman–Crippen MR) is 54.2 cm³/mol. The van der Waals surface area contributed by atoms with Crippen molar-refractivity contribution in [1.82, 2.24) is 0 Å². The molecule has 0 spiro atoms. The fourth-order valence-electron chi connectivity index (χ4n) is 1.30. The smallest absolute Gasteiger partial charge is 0.308 e. The Bertz CT molecular complexity index is 430. The van der Waals surface area contributed by atoms with Crippen LogP contribution in [0.25, 0.3) is 0 Å². The van der Waals surface area contributed by atoms with Crippen LogP contribution in [0.2, 0.25) is 5.02 Å². The van der Waals surface area contributed by atoms with Crippen LogP contribution in [0.1, 0.15) is 11.1 Å². The molecule has 1 aromatic rings. The maximum Gasteiger partial charge on any atom is 0.308 e. The standard InChI is InChI=1S/C9H8ClNO4/c1-5-2-6(10)3-8(11(14)15)7(5)4-9(12)13/h2-3H,4H2,1H3,(H,12,13). The van der Waals surface area contributed by atoms with Crippen LogP contribution < -0.4 is 0 Å². The van der Waals surface area contributed by atoms with Gasteiger partial charge in [0.25, 0.3) is 5.69 Å². The summed E-state index contributed by atoms with van der Waals surface area (Å²) in [4.78, 5) is 20.6. The van der Waals surface area contributed by atoms with Crippen LogP contribution >= 0.6 is 11.6 Å². The Morgan fingerprint density at radius 2 is 2.20 bits per heavy atom. The molecule has 0 atom stereocenters. The van der Waals surface area contributed by atoms with Crippen molar-refractivity contribution in [3.05, 3.63) is 38.4 Å². The summed E-state index contributed by atoms with van der Waals surface area (Å²) in [5, 5.41) is 19.5. The predicted octanol–water partition coefficient (Wildman–Crippen LogP) is 2.18.